The van der Waals surface area contributed by atoms with Crippen molar-refractivity contribution in [3.05, 3.63) is 72.3 Å². The molecule has 1 unspecified atom stereocenters. The number of carboxylic acids is 2. The number of ether oxygens (including phenoxy) is 1. The molecule has 2 aromatic rings. The van der Waals surface area contributed by atoms with E-state index < -0.39 is 11.9 Å². The quantitative estimate of drug-likeness (QED) is 0.101. The molecule has 2 aromatic carbocycles. The van der Waals surface area contributed by atoms with Crippen molar-refractivity contribution in [2.75, 3.05) is 12.5 Å². The Morgan fingerprint density at radius 3 is 1.61 bits per heavy atom. The fourth-order valence-electron chi connectivity index (χ4n) is 3.14. The number of phenolic OH excluding ortho intramolecular Hbond substituents is 2. The first-order valence-electron chi connectivity index (χ1n) is 12.8. The lowest BCUT2D eigenvalue weighted by Gasteiger charge is -2.26. The molecule has 38 heavy (non-hydrogen) atoms. The number of carbonyl (C=O) groups is 2. The molecule has 3 rings (SSSR count). The molecule has 1 atom stereocenters. The molecule has 0 amide bonds. The Balaban J connectivity index is 0.000000555. The third-order valence-corrected chi connectivity index (χ3v) is 6.02. The summed E-state index contributed by atoms with van der Waals surface area (Å²) in [5, 5.41) is 34.5. The zero-order valence-electron chi connectivity index (χ0n) is 22.7. The maximum atomic E-state index is 10.1. The second-order valence-electron chi connectivity index (χ2n) is 9.28. The van der Waals surface area contributed by atoms with E-state index in [1.165, 1.54) is 25.7 Å². The minimum Gasteiger partial charge on any atom is -0.508 e. The van der Waals surface area contributed by atoms with Crippen molar-refractivity contribution in [2.45, 2.75) is 77.2 Å². The van der Waals surface area contributed by atoms with Crippen LogP contribution < -0.4 is 0 Å². The fourth-order valence-corrected chi connectivity index (χ4v) is 3.31. The second kappa shape index (κ2) is 20.0. The van der Waals surface area contributed by atoms with Crippen molar-refractivity contribution >= 4 is 23.5 Å². The number of epoxide rings is 1. The van der Waals surface area contributed by atoms with Crippen LogP contribution in [0, 0.1) is 0 Å². The molecule has 0 aliphatic carbocycles. The summed E-state index contributed by atoms with van der Waals surface area (Å²) in [7, 11) is 0. The summed E-state index contributed by atoms with van der Waals surface area (Å²) in [5.74, 6) is -0.434. The van der Waals surface area contributed by atoms with Crippen LogP contribution in [0.1, 0.15) is 76.8 Å². The van der Waals surface area contributed by atoms with E-state index in [9.17, 15) is 19.8 Å². The van der Waals surface area contributed by atoms with E-state index in [1.54, 1.807) is 24.3 Å². The van der Waals surface area contributed by atoms with Gasteiger partial charge in [-0.1, -0.05) is 83.7 Å². The molecule has 1 aliphatic rings. The van der Waals surface area contributed by atoms with Crippen LogP contribution in [0.2, 0.25) is 0 Å². The van der Waals surface area contributed by atoms with Crippen LogP contribution in [0.25, 0.3) is 0 Å². The largest absolute Gasteiger partial charge is 0.508 e. The molecule has 8 heteroatoms. The first kappa shape index (κ1) is 35.0. The Kier molecular flexibility index (Phi) is 18.4. The summed E-state index contributed by atoms with van der Waals surface area (Å²) >= 11 is 5.27. The molecule has 0 radical (unpaired) electrons. The van der Waals surface area contributed by atoms with E-state index in [0.29, 0.717) is 18.4 Å². The number of aliphatic carboxylic acids is 2. The Morgan fingerprint density at radius 1 is 0.921 bits per heavy atom. The number of hydrogen-bond acceptors (Lipinski definition) is 5. The minimum atomic E-state index is -0.981. The zero-order chi connectivity index (χ0) is 29.0. The minimum absolute atomic E-state index is 0.151. The van der Waals surface area contributed by atoms with E-state index in [4.69, 9.17) is 26.6 Å². The molecular weight excluding hydrogens is 508 g/mol. The van der Waals surface area contributed by atoms with Gasteiger partial charge in [0, 0.05) is 17.9 Å². The number of alkyl halides is 1. The van der Waals surface area contributed by atoms with Crippen LogP contribution in [-0.4, -0.2) is 51.0 Å². The monoisotopic (exact) mass is 550 g/mol. The van der Waals surface area contributed by atoms with E-state index in [-0.39, 0.29) is 16.9 Å². The predicted molar refractivity (Wildman–Crippen MR) is 152 cm³/mol. The Bertz CT molecular complexity index is 873. The number of halogens is 1. The van der Waals surface area contributed by atoms with Crippen LogP contribution in [0.4, 0.5) is 0 Å². The molecule has 1 saturated heterocycles. The summed E-state index contributed by atoms with van der Waals surface area (Å²) in [6.07, 6.45) is 8.48. The lowest BCUT2D eigenvalue weighted by molar-refractivity contribution is -0.137. The molecule has 4 N–H and O–H groups in total. The van der Waals surface area contributed by atoms with Gasteiger partial charge in [0.15, 0.2) is 0 Å². The molecule has 212 valence electrons. The van der Waals surface area contributed by atoms with Gasteiger partial charge in [-0.3, -0.25) is 4.79 Å². The van der Waals surface area contributed by atoms with Crippen molar-refractivity contribution < 1.29 is 34.8 Å². The van der Waals surface area contributed by atoms with Crippen molar-refractivity contribution in [3.63, 3.8) is 0 Å². The third kappa shape index (κ3) is 17.4. The van der Waals surface area contributed by atoms with Gasteiger partial charge in [0.1, 0.15) is 11.5 Å². The summed E-state index contributed by atoms with van der Waals surface area (Å²) < 4.78 is 4.73. The second-order valence-corrected chi connectivity index (χ2v) is 9.59. The van der Waals surface area contributed by atoms with Gasteiger partial charge in [0.25, 0.3) is 0 Å². The molecule has 0 bridgehead atoms. The Hall–Kier alpha value is -3.03. The Morgan fingerprint density at radius 2 is 1.32 bits per heavy atom. The van der Waals surface area contributed by atoms with Crippen LogP contribution >= 0.6 is 11.6 Å². The van der Waals surface area contributed by atoms with Gasteiger partial charge < -0.3 is 25.2 Å². The van der Waals surface area contributed by atoms with Crippen LogP contribution in [0.3, 0.4) is 0 Å². The van der Waals surface area contributed by atoms with Gasteiger partial charge in [-0.05, 0) is 41.8 Å². The molecule has 1 heterocycles. The summed E-state index contributed by atoms with van der Waals surface area (Å²) in [4.78, 5) is 19.3. The molecule has 0 spiro atoms. The van der Waals surface area contributed by atoms with Gasteiger partial charge >= 0.3 is 11.9 Å². The summed E-state index contributed by atoms with van der Waals surface area (Å²) in [6.45, 7) is 10.3. The van der Waals surface area contributed by atoms with E-state index in [1.807, 2.05) is 24.3 Å². The standard InChI is InChI=1S/C15H16O2.C9H18O2.C3H5ClO.C3H4O2/c1-15(2,11-3-7-13(16)8-4-11)12-5-9-14(17)10-6-12;1-2-3-4-5-6-7-8-9(10)11;4-1-3-2-5-3;1-2-3(4)5/h3-10,16-17H,1-2H3;2-8H2,1H3,(H,10,11);3H,1-2H2;2H,1H2,(H,4,5). The number of rotatable bonds is 11. The van der Waals surface area contributed by atoms with Crippen LogP contribution in [0.5, 0.6) is 11.5 Å². The molecule has 0 aromatic heterocycles. The van der Waals surface area contributed by atoms with Crippen molar-refractivity contribution in [3.8, 4) is 11.5 Å². The van der Waals surface area contributed by atoms with Crippen LogP contribution in [-0.2, 0) is 19.7 Å². The molecule has 1 fully saturated rings. The lowest BCUT2D eigenvalue weighted by Crippen LogP contribution is -2.18. The van der Waals surface area contributed by atoms with E-state index in [2.05, 4.69) is 27.4 Å². The highest BCUT2D eigenvalue weighted by atomic mass is 35.5. The molecular formula is C30H43ClO7. The number of carboxylic acid groups (broad SMARTS) is 2. The van der Waals surface area contributed by atoms with Crippen LogP contribution in [0.15, 0.2) is 61.2 Å². The first-order valence-corrected chi connectivity index (χ1v) is 13.3. The van der Waals surface area contributed by atoms with Gasteiger partial charge in [0.2, 0.25) is 0 Å². The topological polar surface area (TPSA) is 128 Å². The SMILES string of the molecule is C=CC(=O)O.CC(C)(c1ccc(O)cc1)c1ccc(O)cc1.CCCCCCCCC(=O)O.ClCC1CO1. The highest BCUT2D eigenvalue weighted by molar-refractivity contribution is 6.18. The first-order chi connectivity index (χ1) is 18.0. The Labute approximate surface area is 231 Å². The van der Waals surface area contributed by atoms with Crippen molar-refractivity contribution in [1.82, 2.24) is 0 Å². The smallest absolute Gasteiger partial charge is 0.327 e. The average Bonchev–Trinajstić information content (AvgIpc) is 3.73. The number of unbranched alkanes of at least 4 members (excludes halogenated alkanes) is 5. The van der Waals surface area contributed by atoms with Crippen molar-refractivity contribution in [1.29, 1.82) is 0 Å². The fraction of sp³-hybridized carbons (Fsp3) is 0.467. The predicted octanol–water partition coefficient (Wildman–Crippen LogP) is 7.13. The van der Waals surface area contributed by atoms with Gasteiger partial charge in [0.05, 0.1) is 18.6 Å². The number of phenols is 2. The molecule has 7 nitrogen and oxygen atoms in total. The highest BCUT2D eigenvalue weighted by Gasteiger charge is 2.22. The normalized spacial score (nSPS) is 13.3. The number of hydrogen-bond donors (Lipinski definition) is 4. The van der Waals surface area contributed by atoms with E-state index >= 15 is 0 Å². The third-order valence-electron chi connectivity index (χ3n) is 5.67. The summed E-state index contributed by atoms with van der Waals surface area (Å²) in [5.41, 5.74) is 2.10. The highest BCUT2D eigenvalue weighted by Crippen LogP contribution is 2.32. The zero-order valence-corrected chi connectivity index (χ0v) is 23.5. The van der Waals surface area contributed by atoms with Gasteiger partial charge in [-0.15, -0.1) is 11.6 Å². The maximum Gasteiger partial charge on any atom is 0.327 e. The lowest BCUT2D eigenvalue weighted by atomic mass is 9.78. The molecule has 0 saturated carbocycles. The van der Waals surface area contributed by atoms with Gasteiger partial charge in [-0.2, -0.15) is 0 Å². The molecule has 1 aliphatic heterocycles. The number of aromatic hydroxyl groups is 2. The van der Waals surface area contributed by atoms with Crippen molar-refractivity contribution in [2.24, 2.45) is 0 Å². The van der Waals surface area contributed by atoms with Gasteiger partial charge in [-0.25, -0.2) is 4.79 Å². The van der Waals surface area contributed by atoms with E-state index in [0.717, 1.165) is 36.7 Å². The maximum absolute atomic E-state index is 10.1. The average molecular weight is 551 g/mol. The number of benzene rings is 2. The summed E-state index contributed by atoms with van der Waals surface area (Å²) in [6, 6.07) is 14.4.